The predicted octanol–water partition coefficient (Wildman–Crippen LogP) is 2.78. The number of methoxy groups -OCH3 is 1. The molecule has 4 nitrogen and oxygen atoms in total. The number of benzene rings is 1. The first-order valence-electron chi connectivity index (χ1n) is 6.90. The minimum Gasteiger partial charge on any atom is -0.466 e. The van der Waals surface area contributed by atoms with Gasteiger partial charge in [-0.25, -0.2) is 4.79 Å². The van der Waals surface area contributed by atoms with Gasteiger partial charge in [0.2, 0.25) is 0 Å². The Morgan fingerprint density at radius 1 is 1.29 bits per heavy atom. The number of carbonyl (C=O) groups is 1. The summed E-state index contributed by atoms with van der Waals surface area (Å²) in [5.41, 5.74) is 3.53. The molecule has 0 radical (unpaired) electrons. The van der Waals surface area contributed by atoms with Gasteiger partial charge in [-0.15, -0.1) is 0 Å². The van der Waals surface area contributed by atoms with Gasteiger partial charge in [-0.2, -0.15) is 0 Å². The molecule has 2 N–H and O–H groups in total. The number of rotatable bonds is 3. The number of carbonyl (C=O) groups excluding carboxylic acids is 1. The van der Waals surface area contributed by atoms with E-state index < -0.39 is 0 Å². The molecule has 2 rings (SSSR count). The summed E-state index contributed by atoms with van der Waals surface area (Å²) in [7, 11) is 1.38. The Hall–Kier alpha value is -1.88. The molecule has 0 fully saturated rings. The Morgan fingerprint density at radius 3 is 2.43 bits per heavy atom. The van der Waals surface area contributed by atoms with E-state index in [-0.39, 0.29) is 12.0 Å². The van der Waals surface area contributed by atoms with Gasteiger partial charge in [0.05, 0.1) is 18.7 Å². The van der Waals surface area contributed by atoms with Crippen molar-refractivity contribution in [2.75, 3.05) is 7.11 Å². The maximum Gasteiger partial charge on any atom is 0.337 e. The predicted molar refractivity (Wildman–Crippen MR) is 86.9 cm³/mol. The monoisotopic (exact) mass is 304 g/mol. The molecule has 1 heterocycles. The second-order valence-electron chi connectivity index (χ2n) is 5.38. The van der Waals surface area contributed by atoms with Crippen molar-refractivity contribution in [1.82, 2.24) is 10.6 Å². The third-order valence-electron chi connectivity index (χ3n) is 3.61. The van der Waals surface area contributed by atoms with E-state index in [1.807, 2.05) is 19.1 Å². The molecule has 1 aliphatic heterocycles. The number of thiocarbonyl (C=S) groups is 1. The number of esters is 1. The highest BCUT2D eigenvalue weighted by molar-refractivity contribution is 7.80. The maximum atomic E-state index is 12.0. The van der Waals surface area contributed by atoms with Crippen molar-refractivity contribution in [3.8, 4) is 0 Å². The second-order valence-corrected chi connectivity index (χ2v) is 5.79. The zero-order chi connectivity index (χ0) is 15.6. The van der Waals surface area contributed by atoms with Crippen LogP contribution in [0.15, 0.2) is 35.5 Å². The third kappa shape index (κ3) is 3.24. The van der Waals surface area contributed by atoms with Crippen molar-refractivity contribution in [2.24, 2.45) is 0 Å². The molecule has 1 aromatic rings. The quantitative estimate of drug-likeness (QED) is 0.664. The Kier molecular flexibility index (Phi) is 4.63. The number of allylic oxidation sites excluding steroid dienone is 1. The third-order valence-corrected chi connectivity index (χ3v) is 3.83. The van der Waals surface area contributed by atoms with Crippen LogP contribution in [0.1, 0.15) is 43.9 Å². The largest absolute Gasteiger partial charge is 0.466 e. The van der Waals surface area contributed by atoms with Crippen molar-refractivity contribution >= 4 is 23.3 Å². The SMILES string of the molecule is COC(=O)C1=C(C)NC(=S)NC1c1ccc(C(C)C)cc1. The summed E-state index contributed by atoms with van der Waals surface area (Å²) < 4.78 is 4.89. The van der Waals surface area contributed by atoms with Crippen LogP contribution in [0.4, 0.5) is 0 Å². The van der Waals surface area contributed by atoms with Crippen LogP contribution in [0.5, 0.6) is 0 Å². The van der Waals surface area contributed by atoms with Crippen molar-refractivity contribution in [2.45, 2.75) is 32.7 Å². The first-order valence-corrected chi connectivity index (χ1v) is 7.31. The van der Waals surface area contributed by atoms with Crippen LogP contribution in [0.3, 0.4) is 0 Å². The van der Waals surface area contributed by atoms with Gasteiger partial charge in [0.15, 0.2) is 5.11 Å². The second kappa shape index (κ2) is 6.26. The highest BCUT2D eigenvalue weighted by atomic mass is 32.1. The summed E-state index contributed by atoms with van der Waals surface area (Å²) >= 11 is 5.19. The van der Waals surface area contributed by atoms with Gasteiger partial charge >= 0.3 is 5.97 Å². The smallest absolute Gasteiger partial charge is 0.337 e. The fraction of sp³-hybridized carbons (Fsp3) is 0.375. The maximum absolute atomic E-state index is 12.0. The molecular formula is C16H20N2O2S. The summed E-state index contributed by atoms with van der Waals surface area (Å²) in [6, 6.07) is 7.93. The highest BCUT2D eigenvalue weighted by Gasteiger charge is 2.30. The van der Waals surface area contributed by atoms with Gasteiger partial charge in [-0.3, -0.25) is 0 Å². The van der Waals surface area contributed by atoms with Gasteiger partial charge in [0, 0.05) is 5.70 Å². The molecule has 1 aromatic carbocycles. The van der Waals surface area contributed by atoms with E-state index >= 15 is 0 Å². The van der Waals surface area contributed by atoms with E-state index in [9.17, 15) is 4.79 Å². The summed E-state index contributed by atoms with van der Waals surface area (Å²) in [5.74, 6) is 0.117. The normalized spacial score (nSPS) is 18.3. The lowest BCUT2D eigenvalue weighted by Crippen LogP contribution is -2.45. The molecule has 1 unspecified atom stereocenters. The number of ether oxygens (including phenoxy) is 1. The zero-order valence-corrected chi connectivity index (χ0v) is 13.5. The summed E-state index contributed by atoms with van der Waals surface area (Å²) in [6.45, 7) is 6.13. The molecule has 0 spiro atoms. The molecule has 112 valence electrons. The Labute approximate surface area is 130 Å². The van der Waals surface area contributed by atoms with Gasteiger partial charge in [0.25, 0.3) is 0 Å². The summed E-state index contributed by atoms with van der Waals surface area (Å²) in [4.78, 5) is 12.0. The molecule has 21 heavy (non-hydrogen) atoms. The van der Waals surface area contributed by atoms with Gasteiger partial charge in [0.1, 0.15) is 0 Å². The van der Waals surface area contributed by atoms with Gasteiger partial charge in [-0.05, 0) is 36.2 Å². The molecule has 0 aliphatic carbocycles. The summed E-state index contributed by atoms with van der Waals surface area (Å²) in [5, 5.41) is 6.62. The highest BCUT2D eigenvalue weighted by Crippen LogP contribution is 2.28. The van der Waals surface area contributed by atoms with Crippen LogP contribution in [0.2, 0.25) is 0 Å². The molecule has 0 saturated heterocycles. The average molecular weight is 304 g/mol. The zero-order valence-electron chi connectivity index (χ0n) is 12.7. The van der Waals surface area contributed by atoms with Crippen LogP contribution in [-0.4, -0.2) is 18.2 Å². The van der Waals surface area contributed by atoms with Gasteiger partial charge < -0.3 is 15.4 Å². The van der Waals surface area contributed by atoms with Crippen LogP contribution in [0.25, 0.3) is 0 Å². The molecular weight excluding hydrogens is 284 g/mol. The van der Waals surface area contributed by atoms with Crippen molar-refractivity contribution < 1.29 is 9.53 Å². The van der Waals surface area contributed by atoms with Crippen molar-refractivity contribution in [3.05, 3.63) is 46.7 Å². The molecule has 0 aromatic heterocycles. The topological polar surface area (TPSA) is 50.4 Å². The van der Waals surface area contributed by atoms with Crippen molar-refractivity contribution in [1.29, 1.82) is 0 Å². The molecule has 5 heteroatoms. The number of hydrogen-bond donors (Lipinski definition) is 2. The lowest BCUT2D eigenvalue weighted by molar-refractivity contribution is -0.136. The Bertz CT molecular complexity index is 591. The lowest BCUT2D eigenvalue weighted by Gasteiger charge is -2.29. The van der Waals surface area contributed by atoms with E-state index in [0.717, 1.165) is 11.3 Å². The van der Waals surface area contributed by atoms with Crippen LogP contribution in [-0.2, 0) is 9.53 Å². The number of hydrogen-bond acceptors (Lipinski definition) is 3. The average Bonchev–Trinajstić information content (AvgIpc) is 2.45. The minimum absolute atomic E-state index is 0.285. The Balaban J connectivity index is 2.41. The molecule has 1 atom stereocenters. The standard InChI is InChI=1S/C16H20N2O2S/c1-9(2)11-5-7-12(8-6-11)14-13(15(19)20-4)10(3)17-16(21)18-14/h5-9,14H,1-4H3,(H2,17,18,21). The summed E-state index contributed by atoms with van der Waals surface area (Å²) in [6.07, 6.45) is 0. The first kappa shape index (κ1) is 15.5. The van der Waals surface area contributed by atoms with Crippen LogP contribution in [0, 0.1) is 0 Å². The minimum atomic E-state index is -0.354. The van der Waals surface area contributed by atoms with Gasteiger partial charge in [-0.1, -0.05) is 38.1 Å². The van der Waals surface area contributed by atoms with Crippen molar-refractivity contribution in [3.63, 3.8) is 0 Å². The van der Waals surface area contributed by atoms with E-state index in [1.165, 1.54) is 12.7 Å². The fourth-order valence-corrected chi connectivity index (χ4v) is 2.67. The van der Waals surface area contributed by atoms with E-state index in [0.29, 0.717) is 16.6 Å². The molecule has 0 saturated carbocycles. The van der Waals surface area contributed by atoms with E-state index in [4.69, 9.17) is 17.0 Å². The molecule has 0 amide bonds. The first-order chi connectivity index (χ1) is 9.93. The lowest BCUT2D eigenvalue weighted by atomic mass is 9.93. The number of nitrogens with one attached hydrogen (secondary N) is 2. The van der Waals surface area contributed by atoms with Crippen LogP contribution < -0.4 is 10.6 Å². The fourth-order valence-electron chi connectivity index (χ4n) is 2.40. The Morgan fingerprint density at radius 2 is 1.90 bits per heavy atom. The molecule has 1 aliphatic rings. The van der Waals surface area contributed by atoms with Crippen LogP contribution >= 0.6 is 12.2 Å². The van der Waals surface area contributed by atoms with E-state index in [2.05, 4.69) is 36.6 Å². The van der Waals surface area contributed by atoms with E-state index in [1.54, 1.807) is 0 Å². The molecule has 0 bridgehead atoms.